The molecule has 0 unspecified atom stereocenters. The van der Waals surface area contributed by atoms with Crippen LogP contribution in [0.5, 0.6) is 0 Å². The van der Waals surface area contributed by atoms with Crippen LogP contribution in [0.25, 0.3) is 0 Å². The van der Waals surface area contributed by atoms with E-state index in [1.807, 2.05) is 6.92 Å². The van der Waals surface area contributed by atoms with Crippen LogP contribution >= 0.6 is 11.3 Å². The number of rotatable bonds is 10. The van der Waals surface area contributed by atoms with Crippen LogP contribution in [-0.2, 0) is 29.3 Å². The highest BCUT2D eigenvalue weighted by Crippen LogP contribution is 2.42. The molecule has 1 aliphatic rings. The van der Waals surface area contributed by atoms with Crippen molar-refractivity contribution < 1.29 is 26.3 Å². The molecule has 2 heterocycles. The van der Waals surface area contributed by atoms with Crippen molar-refractivity contribution in [1.29, 1.82) is 0 Å². The van der Waals surface area contributed by atoms with Gasteiger partial charge in [0.15, 0.2) is 9.84 Å². The Labute approximate surface area is 159 Å². The second-order valence-electron chi connectivity index (χ2n) is 6.01. The summed E-state index contributed by atoms with van der Waals surface area (Å²) < 4.78 is 62.9. The molecule has 1 aromatic rings. The summed E-state index contributed by atoms with van der Waals surface area (Å²) >= 11 is 0.815. The van der Waals surface area contributed by atoms with Crippen molar-refractivity contribution >= 4 is 31.2 Å². The molecule has 8 nitrogen and oxygen atoms in total. The number of hydrogen-bond donors (Lipinski definition) is 2. The number of methoxy groups -OCH3 is 1. The first kappa shape index (κ1) is 21.7. The van der Waals surface area contributed by atoms with Crippen LogP contribution in [0, 0.1) is 0 Å². The molecule has 0 amide bonds. The Morgan fingerprint density at radius 2 is 2.04 bits per heavy atom. The summed E-state index contributed by atoms with van der Waals surface area (Å²) in [5, 5.41) is 2.69. The Bertz CT molecular complexity index is 803. The van der Waals surface area contributed by atoms with Crippen LogP contribution in [0.3, 0.4) is 0 Å². The van der Waals surface area contributed by atoms with Gasteiger partial charge in [-0.25, -0.2) is 21.6 Å². The topological polar surface area (TPSA) is 111 Å². The van der Waals surface area contributed by atoms with E-state index < -0.39 is 25.1 Å². The Morgan fingerprint density at radius 1 is 1.31 bits per heavy atom. The van der Waals surface area contributed by atoms with E-state index in [9.17, 15) is 16.8 Å². The average Bonchev–Trinajstić information content (AvgIpc) is 3.04. The first-order valence-corrected chi connectivity index (χ1v) is 12.3. The molecule has 0 saturated heterocycles. The number of sulfone groups is 1. The lowest BCUT2D eigenvalue weighted by Crippen LogP contribution is -2.33. The molecule has 2 atom stereocenters. The molecular weight excluding hydrogens is 400 g/mol. The Morgan fingerprint density at radius 3 is 2.69 bits per heavy atom. The normalized spacial score (nSPS) is 22.3. The maximum Gasteiger partial charge on any atom is 0.250 e. The molecule has 0 fully saturated rings. The molecule has 2 N–H and O–H groups in total. The Kier molecular flexibility index (Phi) is 7.60. The highest BCUT2D eigenvalue weighted by atomic mass is 32.3. The van der Waals surface area contributed by atoms with Gasteiger partial charge in [-0.1, -0.05) is 6.92 Å². The van der Waals surface area contributed by atoms with E-state index in [4.69, 9.17) is 9.47 Å². The van der Waals surface area contributed by atoms with E-state index in [2.05, 4.69) is 10.0 Å². The van der Waals surface area contributed by atoms with Gasteiger partial charge in [-0.2, -0.15) is 0 Å². The molecule has 0 radical (unpaired) electrons. The van der Waals surface area contributed by atoms with Crippen LogP contribution in [0.15, 0.2) is 14.5 Å². The fraction of sp³-hybridized carbons (Fsp3) is 0.733. The van der Waals surface area contributed by atoms with E-state index in [-0.39, 0.29) is 27.6 Å². The SMILES string of the molecule is CCN[C@H]1C[C@H](C)S(=O)(=O)c2sc(S(=O)(=O)NCCOCCOC)cc21. The zero-order chi connectivity index (χ0) is 19.4. The van der Waals surface area contributed by atoms with Crippen LogP contribution in [0.2, 0.25) is 0 Å². The first-order valence-electron chi connectivity index (χ1n) is 8.41. The van der Waals surface area contributed by atoms with Crippen molar-refractivity contribution in [3.8, 4) is 0 Å². The molecule has 0 saturated carbocycles. The molecule has 0 spiro atoms. The summed E-state index contributed by atoms with van der Waals surface area (Å²) in [5.74, 6) is 0. The summed E-state index contributed by atoms with van der Waals surface area (Å²) in [4.78, 5) is 0. The van der Waals surface area contributed by atoms with Crippen molar-refractivity contribution in [2.75, 3.05) is 40.0 Å². The van der Waals surface area contributed by atoms with Crippen molar-refractivity contribution in [1.82, 2.24) is 10.0 Å². The van der Waals surface area contributed by atoms with E-state index in [1.165, 1.54) is 6.07 Å². The van der Waals surface area contributed by atoms with Gasteiger partial charge in [0.05, 0.1) is 25.1 Å². The van der Waals surface area contributed by atoms with Gasteiger partial charge in [-0.15, -0.1) is 11.3 Å². The van der Waals surface area contributed by atoms with Crippen molar-refractivity contribution in [3.05, 3.63) is 11.6 Å². The Balaban J connectivity index is 2.17. The molecule has 0 aliphatic carbocycles. The van der Waals surface area contributed by atoms with Crippen LogP contribution in [-0.4, -0.2) is 62.1 Å². The van der Waals surface area contributed by atoms with E-state index in [1.54, 1.807) is 14.0 Å². The van der Waals surface area contributed by atoms with Gasteiger partial charge in [-0.05, 0) is 26.0 Å². The highest BCUT2D eigenvalue weighted by molar-refractivity contribution is 7.95. The molecule has 1 aliphatic heterocycles. The van der Waals surface area contributed by atoms with Gasteiger partial charge in [0.1, 0.15) is 8.42 Å². The smallest absolute Gasteiger partial charge is 0.250 e. The van der Waals surface area contributed by atoms with Gasteiger partial charge in [-0.3, -0.25) is 0 Å². The van der Waals surface area contributed by atoms with Crippen LogP contribution in [0.1, 0.15) is 31.9 Å². The van der Waals surface area contributed by atoms with Gasteiger partial charge in [0.25, 0.3) is 0 Å². The molecule has 2 rings (SSSR count). The third kappa shape index (κ3) is 4.83. The number of fused-ring (bicyclic) bond motifs is 1. The third-order valence-electron chi connectivity index (χ3n) is 4.12. The van der Waals surface area contributed by atoms with E-state index in [0.29, 0.717) is 31.7 Å². The summed E-state index contributed by atoms with van der Waals surface area (Å²) in [6, 6.07) is 1.32. The predicted molar refractivity (Wildman–Crippen MR) is 99.9 cm³/mol. The lowest BCUT2D eigenvalue weighted by atomic mass is 10.1. The number of nitrogens with one attached hydrogen (secondary N) is 2. The number of hydrogen-bond acceptors (Lipinski definition) is 8. The minimum Gasteiger partial charge on any atom is -0.382 e. The molecule has 150 valence electrons. The lowest BCUT2D eigenvalue weighted by Gasteiger charge is -2.27. The molecule has 1 aromatic heterocycles. The summed E-state index contributed by atoms with van der Waals surface area (Å²) in [6.45, 7) is 5.40. The molecule has 0 aromatic carbocycles. The first-order chi connectivity index (χ1) is 12.2. The standard InChI is InChI=1S/C15H26N2O6S3/c1-4-16-13-9-11(2)25(18,19)15-12(13)10-14(24-15)26(20,21)17-5-6-23-8-7-22-3/h10-11,13,16-17H,4-9H2,1-3H3/t11-,13-/m0/s1. The zero-order valence-corrected chi connectivity index (χ0v) is 17.6. The van der Waals surface area contributed by atoms with Gasteiger partial charge in [0.2, 0.25) is 10.0 Å². The number of sulfonamides is 1. The largest absolute Gasteiger partial charge is 0.382 e. The van der Waals surface area contributed by atoms with E-state index in [0.717, 1.165) is 11.3 Å². The van der Waals surface area contributed by atoms with E-state index >= 15 is 0 Å². The zero-order valence-electron chi connectivity index (χ0n) is 15.1. The molecular formula is C15H26N2O6S3. The second kappa shape index (κ2) is 9.09. The predicted octanol–water partition coefficient (Wildman–Crippen LogP) is 0.906. The quantitative estimate of drug-likeness (QED) is 0.535. The van der Waals surface area contributed by atoms with Crippen molar-refractivity contribution in [3.63, 3.8) is 0 Å². The molecule has 11 heteroatoms. The van der Waals surface area contributed by atoms with Crippen molar-refractivity contribution in [2.45, 2.75) is 40.0 Å². The van der Waals surface area contributed by atoms with Crippen LogP contribution < -0.4 is 10.0 Å². The van der Waals surface area contributed by atoms with Crippen LogP contribution in [0.4, 0.5) is 0 Å². The third-order valence-corrected chi connectivity index (χ3v) is 9.95. The van der Waals surface area contributed by atoms with Gasteiger partial charge < -0.3 is 14.8 Å². The fourth-order valence-electron chi connectivity index (χ4n) is 2.73. The second-order valence-corrected chi connectivity index (χ2v) is 11.6. The minimum atomic E-state index is -3.79. The molecule has 0 bridgehead atoms. The van der Waals surface area contributed by atoms with Crippen molar-refractivity contribution in [2.24, 2.45) is 0 Å². The number of thiophene rings is 1. The highest BCUT2D eigenvalue weighted by Gasteiger charge is 2.39. The maximum atomic E-state index is 12.6. The lowest BCUT2D eigenvalue weighted by molar-refractivity contribution is 0.0736. The summed E-state index contributed by atoms with van der Waals surface area (Å²) in [6.07, 6.45) is 0.431. The maximum absolute atomic E-state index is 12.6. The fourth-order valence-corrected chi connectivity index (χ4v) is 7.79. The van der Waals surface area contributed by atoms with Gasteiger partial charge >= 0.3 is 0 Å². The summed E-state index contributed by atoms with van der Waals surface area (Å²) in [7, 11) is -5.73. The average molecular weight is 427 g/mol. The monoisotopic (exact) mass is 426 g/mol. The molecule has 26 heavy (non-hydrogen) atoms. The summed E-state index contributed by atoms with van der Waals surface area (Å²) in [5.41, 5.74) is 0.548. The Hall–Kier alpha value is -0.560. The van der Waals surface area contributed by atoms with Gasteiger partial charge in [0, 0.05) is 25.3 Å². The minimum absolute atomic E-state index is 0.0139. The number of ether oxygens (including phenoxy) is 2.